The molecule has 0 radical (unpaired) electrons. The van der Waals surface area contributed by atoms with Crippen molar-refractivity contribution in [3.63, 3.8) is 0 Å². The number of fused-ring (bicyclic) bond motifs is 2. The normalized spacial score (nSPS) is 26.6. The summed E-state index contributed by atoms with van der Waals surface area (Å²) in [4.78, 5) is 49.5. The van der Waals surface area contributed by atoms with Crippen molar-refractivity contribution in [3.8, 4) is 0 Å². The lowest BCUT2D eigenvalue weighted by molar-refractivity contribution is -0.148. The number of hydrogen-bond acceptors (Lipinski definition) is 7. The van der Waals surface area contributed by atoms with Gasteiger partial charge in [-0.25, -0.2) is 4.68 Å². The molecular formula is C36H43BrN6O4S. The average Bonchev–Trinajstić information content (AvgIpc) is 3.80. The van der Waals surface area contributed by atoms with E-state index in [1.807, 2.05) is 68.4 Å². The standard InChI is InChI=1S/C36H43BrN6O4S/c1-5-16-40(20-24-12-8-7-9-13-24)33(45)29-30-34(46)43(25(21-44)18-23(3)4)32(36(30)19-26(37)31(29)48-36)35(47)41(17-6-2)22-42-28-15-11-10-14-27(28)38-39-42/h5-15,23,25-26,29-32,44H,1-2,16-22H2,3-4H3/t25-,26?,29+,30+,31+,32?,36?/m1/s1. The number of rotatable bonds is 14. The van der Waals surface area contributed by atoms with Gasteiger partial charge in [0.15, 0.2) is 0 Å². The number of carbonyl (C=O) groups is 3. The van der Waals surface area contributed by atoms with Gasteiger partial charge >= 0.3 is 0 Å². The number of aliphatic hydroxyl groups is 1. The Bertz CT molecular complexity index is 1680. The summed E-state index contributed by atoms with van der Waals surface area (Å²) in [6, 6.07) is 15.9. The van der Waals surface area contributed by atoms with Crippen LogP contribution in [-0.2, 0) is 27.6 Å². The predicted molar refractivity (Wildman–Crippen MR) is 191 cm³/mol. The van der Waals surface area contributed by atoms with Gasteiger partial charge in [0.2, 0.25) is 17.7 Å². The van der Waals surface area contributed by atoms with Gasteiger partial charge in [-0.05, 0) is 36.5 Å². The maximum absolute atomic E-state index is 15.0. The van der Waals surface area contributed by atoms with E-state index < -0.39 is 28.7 Å². The van der Waals surface area contributed by atoms with E-state index in [9.17, 15) is 14.7 Å². The molecule has 0 aliphatic carbocycles. The molecule has 3 fully saturated rings. The summed E-state index contributed by atoms with van der Waals surface area (Å²) in [7, 11) is 0. The second-order valence-corrected chi connectivity index (χ2v) is 16.2. The van der Waals surface area contributed by atoms with Gasteiger partial charge in [-0.15, -0.1) is 30.0 Å². The highest BCUT2D eigenvalue weighted by Gasteiger charge is 2.76. The molecule has 3 aliphatic rings. The number of benzene rings is 2. The van der Waals surface area contributed by atoms with Crippen LogP contribution in [0.1, 0.15) is 32.3 Å². The summed E-state index contributed by atoms with van der Waals surface area (Å²) < 4.78 is 0.814. The smallest absolute Gasteiger partial charge is 0.248 e. The van der Waals surface area contributed by atoms with Gasteiger partial charge < -0.3 is 19.8 Å². The lowest BCUT2D eigenvalue weighted by atomic mass is 9.70. The van der Waals surface area contributed by atoms with Crippen molar-refractivity contribution < 1.29 is 19.5 Å². The third-order valence-corrected chi connectivity index (χ3v) is 13.1. The minimum absolute atomic E-state index is 0.0807. The van der Waals surface area contributed by atoms with Crippen LogP contribution in [0, 0.1) is 17.8 Å². The van der Waals surface area contributed by atoms with E-state index in [1.165, 1.54) is 0 Å². The molecule has 0 saturated carbocycles. The van der Waals surface area contributed by atoms with Gasteiger partial charge in [0.1, 0.15) is 18.2 Å². The summed E-state index contributed by atoms with van der Waals surface area (Å²) >= 11 is 5.49. The zero-order valence-corrected chi connectivity index (χ0v) is 29.8. The number of halogens is 1. The van der Waals surface area contributed by atoms with Crippen LogP contribution in [0.5, 0.6) is 0 Å². The van der Waals surface area contributed by atoms with Crippen molar-refractivity contribution in [2.45, 2.75) is 66.8 Å². The number of para-hydroxylation sites is 1. The van der Waals surface area contributed by atoms with Crippen molar-refractivity contribution in [2.75, 3.05) is 19.7 Å². The molecule has 3 saturated heterocycles. The van der Waals surface area contributed by atoms with Crippen LogP contribution in [0.3, 0.4) is 0 Å². The first-order valence-corrected chi connectivity index (χ1v) is 18.3. The molecule has 12 heteroatoms. The fourth-order valence-corrected chi connectivity index (χ4v) is 11.6. The summed E-state index contributed by atoms with van der Waals surface area (Å²) in [6.45, 7) is 12.7. The summed E-state index contributed by atoms with van der Waals surface area (Å²) in [5.74, 6) is -1.80. The molecule has 2 bridgehead atoms. The van der Waals surface area contributed by atoms with E-state index in [-0.39, 0.29) is 53.5 Å². The molecule has 1 aromatic heterocycles. The Labute approximate surface area is 294 Å². The number of carbonyl (C=O) groups excluding carboxylic acids is 3. The lowest BCUT2D eigenvalue weighted by Crippen LogP contribution is -2.58. The third-order valence-electron chi connectivity index (χ3n) is 9.86. The molecule has 2 aromatic carbocycles. The predicted octanol–water partition coefficient (Wildman–Crippen LogP) is 4.49. The summed E-state index contributed by atoms with van der Waals surface area (Å²) in [5, 5.41) is 19.1. The summed E-state index contributed by atoms with van der Waals surface area (Å²) in [6.07, 6.45) is 4.44. The fourth-order valence-electron chi connectivity index (χ4n) is 7.98. The minimum atomic E-state index is -0.893. The number of hydrogen-bond donors (Lipinski definition) is 1. The highest BCUT2D eigenvalue weighted by atomic mass is 79.9. The number of aromatic nitrogens is 3. The van der Waals surface area contributed by atoms with Crippen LogP contribution in [0.2, 0.25) is 0 Å². The first-order valence-electron chi connectivity index (χ1n) is 16.5. The van der Waals surface area contributed by atoms with Gasteiger partial charge in [0, 0.05) is 29.7 Å². The molecule has 4 heterocycles. The maximum atomic E-state index is 15.0. The van der Waals surface area contributed by atoms with E-state index >= 15 is 4.79 Å². The van der Waals surface area contributed by atoms with E-state index in [4.69, 9.17) is 0 Å². The van der Waals surface area contributed by atoms with Gasteiger partial charge in [-0.1, -0.05) is 89.6 Å². The van der Waals surface area contributed by atoms with Gasteiger partial charge in [-0.3, -0.25) is 14.4 Å². The molecular weight excluding hydrogens is 692 g/mol. The Morgan fingerprint density at radius 2 is 1.77 bits per heavy atom. The van der Waals surface area contributed by atoms with Crippen LogP contribution in [0.15, 0.2) is 79.9 Å². The second kappa shape index (κ2) is 14.2. The van der Waals surface area contributed by atoms with Crippen molar-refractivity contribution in [1.29, 1.82) is 0 Å². The van der Waals surface area contributed by atoms with Crippen LogP contribution in [0.4, 0.5) is 0 Å². The van der Waals surface area contributed by atoms with Gasteiger partial charge in [0.25, 0.3) is 0 Å². The van der Waals surface area contributed by atoms with Crippen LogP contribution in [0.25, 0.3) is 11.0 Å². The molecule has 1 spiro atoms. The van der Waals surface area contributed by atoms with Crippen molar-refractivity contribution in [2.24, 2.45) is 17.8 Å². The first-order chi connectivity index (χ1) is 23.1. The largest absolute Gasteiger partial charge is 0.394 e. The lowest BCUT2D eigenvalue weighted by Gasteiger charge is -2.40. The Balaban J connectivity index is 1.41. The van der Waals surface area contributed by atoms with Crippen molar-refractivity contribution >= 4 is 56.4 Å². The number of alkyl halides is 1. The molecule has 3 amide bonds. The first kappa shape index (κ1) is 34.4. The Morgan fingerprint density at radius 1 is 1.08 bits per heavy atom. The topological polar surface area (TPSA) is 112 Å². The molecule has 3 unspecified atom stereocenters. The molecule has 254 valence electrons. The zero-order valence-electron chi connectivity index (χ0n) is 27.4. The van der Waals surface area contributed by atoms with E-state index in [0.29, 0.717) is 31.4 Å². The Hall–Kier alpha value is -3.48. The molecule has 7 atom stereocenters. The van der Waals surface area contributed by atoms with Crippen LogP contribution < -0.4 is 0 Å². The number of nitrogens with zero attached hydrogens (tertiary/aromatic N) is 6. The summed E-state index contributed by atoms with van der Waals surface area (Å²) in [5.41, 5.74) is 2.48. The molecule has 6 rings (SSSR count). The monoisotopic (exact) mass is 734 g/mol. The van der Waals surface area contributed by atoms with Crippen molar-refractivity contribution in [3.05, 3.63) is 85.5 Å². The molecule has 10 nitrogen and oxygen atoms in total. The zero-order chi connectivity index (χ0) is 34.2. The Kier molecular flexibility index (Phi) is 10.1. The second-order valence-electron chi connectivity index (χ2n) is 13.4. The van der Waals surface area contributed by atoms with Gasteiger partial charge in [0.05, 0.1) is 34.7 Å². The Morgan fingerprint density at radius 3 is 2.46 bits per heavy atom. The van der Waals surface area contributed by atoms with Crippen LogP contribution >= 0.6 is 27.7 Å². The highest BCUT2D eigenvalue weighted by Crippen LogP contribution is 2.68. The van der Waals surface area contributed by atoms with E-state index in [0.717, 1.165) is 11.1 Å². The highest BCUT2D eigenvalue weighted by molar-refractivity contribution is 9.09. The molecule has 3 aliphatic heterocycles. The fraction of sp³-hybridized carbons (Fsp3) is 0.472. The number of aliphatic hydroxyl groups excluding tert-OH is 1. The maximum Gasteiger partial charge on any atom is 0.248 e. The third kappa shape index (κ3) is 6.00. The SMILES string of the molecule is C=CCN(Cn1nnc2ccccc21)C(=O)C1N([C@@H](CO)CC(C)C)C(=O)[C@@H]2[C@H](C(=O)N(CC=C)Cc3ccccc3)[C@H]3SC12CC3Br. The molecule has 3 aromatic rings. The number of thioether (sulfide) groups is 1. The number of likely N-dealkylation sites (tertiary alicyclic amines) is 1. The van der Waals surface area contributed by atoms with Gasteiger partial charge in [-0.2, -0.15) is 0 Å². The van der Waals surface area contributed by atoms with E-state index in [2.05, 4.69) is 39.4 Å². The quantitative estimate of drug-likeness (QED) is 0.192. The minimum Gasteiger partial charge on any atom is -0.394 e. The number of amides is 3. The molecule has 1 N–H and O–H groups in total. The average molecular weight is 736 g/mol. The molecule has 48 heavy (non-hydrogen) atoms. The van der Waals surface area contributed by atoms with Crippen molar-refractivity contribution in [1.82, 2.24) is 29.7 Å². The van der Waals surface area contributed by atoms with E-state index in [1.54, 1.807) is 43.3 Å². The van der Waals surface area contributed by atoms with Crippen LogP contribution in [-0.4, -0.2) is 99.1 Å².